The van der Waals surface area contributed by atoms with Crippen LogP contribution in [0.2, 0.25) is 0 Å². The molecule has 0 aromatic carbocycles. The van der Waals surface area contributed by atoms with E-state index >= 15 is 0 Å². The highest BCUT2D eigenvalue weighted by atomic mass is 16.2. The number of amides is 3. The first kappa shape index (κ1) is 16.8. The second-order valence-corrected chi connectivity index (χ2v) is 5.54. The summed E-state index contributed by atoms with van der Waals surface area (Å²) in [7, 11) is 0. The van der Waals surface area contributed by atoms with Crippen LogP contribution in [-0.2, 0) is 4.79 Å². The zero-order valence-corrected chi connectivity index (χ0v) is 12.9. The van der Waals surface area contributed by atoms with Gasteiger partial charge in [-0.15, -0.1) is 0 Å². The van der Waals surface area contributed by atoms with Gasteiger partial charge < -0.3 is 15.5 Å². The van der Waals surface area contributed by atoms with Crippen LogP contribution in [0.15, 0.2) is 0 Å². The van der Waals surface area contributed by atoms with Gasteiger partial charge in [0, 0.05) is 19.1 Å². The van der Waals surface area contributed by atoms with Gasteiger partial charge in [-0.1, -0.05) is 33.1 Å². The van der Waals surface area contributed by atoms with E-state index in [0.717, 1.165) is 38.8 Å². The maximum absolute atomic E-state index is 12.0. The summed E-state index contributed by atoms with van der Waals surface area (Å²) in [6.07, 6.45) is 7.63. The summed E-state index contributed by atoms with van der Waals surface area (Å²) in [6, 6.07) is 0.0689. The molecule has 0 saturated heterocycles. The van der Waals surface area contributed by atoms with Crippen LogP contribution < -0.4 is 10.6 Å². The molecule has 1 fully saturated rings. The number of carbonyl (C=O) groups excluding carboxylic acids is 2. The molecule has 0 spiro atoms. The molecule has 20 heavy (non-hydrogen) atoms. The normalized spacial score (nSPS) is 15.7. The summed E-state index contributed by atoms with van der Waals surface area (Å²) in [5.74, 6) is 0.00694. The molecule has 5 nitrogen and oxygen atoms in total. The molecule has 1 saturated carbocycles. The molecule has 1 rings (SSSR count). The summed E-state index contributed by atoms with van der Waals surface area (Å²) >= 11 is 0. The van der Waals surface area contributed by atoms with Crippen LogP contribution in [0.1, 0.15) is 58.8 Å². The number of hydrogen-bond acceptors (Lipinski definition) is 2. The van der Waals surface area contributed by atoms with Crippen LogP contribution in [0.4, 0.5) is 4.79 Å². The standard InChI is InChI=1S/C15H29N3O2/c1-3-10-18(11-4-2)14(19)12-16-15(20)17-13-8-6-5-7-9-13/h13H,3-12H2,1-2H3,(H2,16,17,20). The Morgan fingerprint density at radius 2 is 1.65 bits per heavy atom. The Morgan fingerprint density at radius 3 is 2.20 bits per heavy atom. The highest BCUT2D eigenvalue weighted by molar-refractivity contribution is 5.84. The molecule has 3 amide bonds. The summed E-state index contributed by atoms with van der Waals surface area (Å²) < 4.78 is 0. The first-order valence-corrected chi connectivity index (χ1v) is 7.99. The van der Waals surface area contributed by atoms with Gasteiger partial charge in [-0.3, -0.25) is 4.79 Å². The van der Waals surface area contributed by atoms with E-state index in [1.165, 1.54) is 19.3 Å². The van der Waals surface area contributed by atoms with E-state index in [4.69, 9.17) is 0 Å². The lowest BCUT2D eigenvalue weighted by atomic mass is 9.96. The molecule has 0 radical (unpaired) electrons. The summed E-state index contributed by atoms with van der Waals surface area (Å²) in [5, 5.41) is 5.64. The average Bonchev–Trinajstić information content (AvgIpc) is 2.45. The molecule has 0 aliphatic heterocycles. The van der Waals surface area contributed by atoms with Crippen molar-refractivity contribution in [3.05, 3.63) is 0 Å². The molecule has 0 atom stereocenters. The first-order valence-electron chi connectivity index (χ1n) is 7.99. The Balaban J connectivity index is 2.25. The van der Waals surface area contributed by atoms with Crippen molar-refractivity contribution in [3.8, 4) is 0 Å². The van der Waals surface area contributed by atoms with E-state index in [2.05, 4.69) is 24.5 Å². The highest BCUT2D eigenvalue weighted by Gasteiger charge is 2.17. The van der Waals surface area contributed by atoms with Crippen molar-refractivity contribution in [2.45, 2.75) is 64.8 Å². The maximum Gasteiger partial charge on any atom is 0.315 e. The van der Waals surface area contributed by atoms with Crippen LogP contribution in [0.25, 0.3) is 0 Å². The molecule has 2 N–H and O–H groups in total. The van der Waals surface area contributed by atoms with E-state index in [9.17, 15) is 9.59 Å². The third kappa shape index (κ3) is 6.26. The number of urea groups is 1. The molecule has 0 aromatic rings. The Kier molecular flexibility index (Phi) is 8.07. The monoisotopic (exact) mass is 283 g/mol. The summed E-state index contributed by atoms with van der Waals surface area (Å²) in [5.41, 5.74) is 0. The number of nitrogens with zero attached hydrogens (tertiary/aromatic N) is 1. The van der Waals surface area contributed by atoms with E-state index in [1.54, 1.807) is 0 Å². The average molecular weight is 283 g/mol. The molecule has 0 unspecified atom stereocenters. The van der Waals surface area contributed by atoms with Crippen molar-refractivity contribution in [2.75, 3.05) is 19.6 Å². The molecule has 0 aromatic heterocycles. The Bertz CT molecular complexity index is 295. The third-order valence-corrected chi connectivity index (χ3v) is 3.68. The summed E-state index contributed by atoms with van der Waals surface area (Å²) in [6.45, 7) is 5.73. The number of hydrogen-bond donors (Lipinski definition) is 2. The van der Waals surface area contributed by atoms with Gasteiger partial charge in [-0.05, 0) is 25.7 Å². The molecular weight excluding hydrogens is 254 g/mol. The second kappa shape index (κ2) is 9.61. The van der Waals surface area contributed by atoms with Gasteiger partial charge in [0.15, 0.2) is 0 Å². The van der Waals surface area contributed by atoms with E-state index in [1.807, 2.05) is 4.90 Å². The number of nitrogens with one attached hydrogen (secondary N) is 2. The van der Waals surface area contributed by atoms with Crippen LogP contribution in [0, 0.1) is 0 Å². The van der Waals surface area contributed by atoms with Gasteiger partial charge in [0.25, 0.3) is 0 Å². The number of rotatable bonds is 7. The predicted molar refractivity (Wildman–Crippen MR) is 80.6 cm³/mol. The van der Waals surface area contributed by atoms with Gasteiger partial charge in [-0.25, -0.2) is 4.79 Å². The third-order valence-electron chi connectivity index (χ3n) is 3.68. The Morgan fingerprint density at radius 1 is 1.05 bits per heavy atom. The molecule has 0 heterocycles. The molecule has 116 valence electrons. The lowest BCUT2D eigenvalue weighted by Gasteiger charge is -2.24. The molecule has 1 aliphatic rings. The minimum Gasteiger partial charge on any atom is -0.341 e. The molecule has 0 bridgehead atoms. The molecular formula is C15H29N3O2. The zero-order chi connectivity index (χ0) is 14.8. The van der Waals surface area contributed by atoms with E-state index in [-0.39, 0.29) is 24.5 Å². The summed E-state index contributed by atoms with van der Waals surface area (Å²) in [4.78, 5) is 25.6. The topological polar surface area (TPSA) is 61.4 Å². The van der Waals surface area contributed by atoms with Crippen molar-refractivity contribution in [1.29, 1.82) is 0 Å². The van der Waals surface area contributed by atoms with Crippen molar-refractivity contribution in [3.63, 3.8) is 0 Å². The lowest BCUT2D eigenvalue weighted by molar-refractivity contribution is -0.130. The van der Waals surface area contributed by atoms with Crippen LogP contribution >= 0.6 is 0 Å². The van der Waals surface area contributed by atoms with Crippen LogP contribution in [0.5, 0.6) is 0 Å². The van der Waals surface area contributed by atoms with Crippen LogP contribution in [-0.4, -0.2) is 42.5 Å². The quantitative estimate of drug-likeness (QED) is 0.753. The van der Waals surface area contributed by atoms with Gasteiger partial charge in [0.1, 0.15) is 0 Å². The van der Waals surface area contributed by atoms with Gasteiger partial charge in [0.2, 0.25) is 5.91 Å². The second-order valence-electron chi connectivity index (χ2n) is 5.54. The van der Waals surface area contributed by atoms with Crippen molar-refractivity contribution < 1.29 is 9.59 Å². The van der Waals surface area contributed by atoms with Gasteiger partial charge >= 0.3 is 6.03 Å². The minimum absolute atomic E-state index is 0.00694. The van der Waals surface area contributed by atoms with Crippen LogP contribution in [0.3, 0.4) is 0 Å². The molecule has 1 aliphatic carbocycles. The van der Waals surface area contributed by atoms with Crippen molar-refractivity contribution in [2.24, 2.45) is 0 Å². The van der Waals surface area contributed by atoms with Gasteiger partial charge in [-0.2, -0.15) is 0 Å². The fourth-order valence-corrected chi connectivity index (χ4v) is 2.65. The van der Waals surface area contributed by atoms with E-state index < -0.39 is 0 Å². The minimum atomic E-state index is -0.210. The fourth-order valence-electron chi connectivity index (χ4n) is 2.65. The van der Waals surface area contributed by atoms with E-state index in [0.29, 0.717) is 0 Å². The zero-order valence-electron chi connectivity index (χ0n) is 12.9. The highest BCUT2D eigenvalue weighted by Crippen LogP contribution is 2.17. The largest absolute Gasteiger partial charge is 0.341 e. The Hall–Kier alpha value is -1.26. The Labute approximate surface area is 122 Å². The lowest BCUT2D eigenvalue weighted by Crippen LogP contribution is -2.47. The first-order chi connectivity index (χ1) is 9.67. The fraction of sp³-hybridized carbons (Fsp3) is 0.867. The maximum atomic E-state index is 12.0. The predicted octanol–water partition coefficient (Wildman–Crippen LogP) is 2.27. The van der Waals surface area contributed by atoms with Gasteiger partial charge in [0.05, 0.1) is 6.54 Å². The number of carbonyl (C=O) groups is 2. The SMILES string of the molecule is CCCN(CCC)C(=O)CNC(=O)NC1CCCCC1. The van der Waals surface area contributed by atoms with Crippen molar-refractivity contribution >= 4 is 11.9 Å². The van der Waals surface area contributed by atoms with Crippen molar-refractivity contribution in [1.82, 2.24) is 15.5 Å². The molecule has 5 heteroatoms. The smallest absolute Gasteiger partial charge is 0.315 e.